The van der Waals surface area contributed by atoms with Crippen molar-refractivity contribution in [2.24, 2.45) is 0 Å². The Bertz CT molecular complexity index is 511. The Hall–Kier alpha value is -1.36. The van der Waals surface area contributed by atoms with Gasteiger partial charge in [-0.15, -0.1) is 11.6 Å². The maximum Gasteiger partial charge on any atom is 0.326 e. The first-order chi connectivity index (χ1) is 10.5. The summed E-state index contributed by atoms with van der Waals surface area (Å²) < 4.78 is 16.8. The van der Waals surface area contributed by atoms with E-state index >= 15 is 0 Å². The van der Waals surface area contributed by atoms with Crippen LogP contribution in [0.1, 0.15) is 16.8 Å². The molecule has 0 aliphatic rings. The lowest BCUT2D eigenvalue weighted by Crippen LogP contribution is -2.41. The van der Waals surface area contributed by atoms with E-state index in [9.17, 15) is 14.2 Å². The van der Waals surface area contributed by atoms with Crippen molar-refractivity contribution in [1.29, 1.82) is 0 Å². The van der Waals surface area contributed by atoms with Crippen molar-refractivity contribution >= 4 is 31.3 Å². The lowest BCUT2D eigenvalue weighted by Gasteiger charge is -2.14. The second kappa shape index (κ2) is 10.4. The van der Waals surface area contributed by atoms with E-state index in [-0.39, 0.29) is 18.9 Å². The number of carboxylic acids is 1. The maximum atomic E-state index is 11.9. The molecule has 0 aliphatic heterocycles. The molecule has 8 heteroatoms. The van der Waals surface area contributed by atoms with Crippen LogP contribution in [0.5, 0.6) is 0 Å². The summed E-state index contributed by atoms with van der Waals surface area (Å²) in [7, 11) is -2.03. The number of hydrogen-bond donors (Lipinski definition) is 2. The summed E-state index contributed by atoms with van der Waals surface area (Å²) >= 11 is 5.43. The first-order valence-electron chi connectivity index (χ1n) is 6.78. The molecule has 6 nitrogen and oxygen atoms in total. The normalized spacial score (nSPS) is 13.3. The molecule has 1 rings (SSSR count). The fourth-order valence-electron chi connectivity index (χ4n) is 1.71. The molecule has 0 saturated carbocycles. The second-order valence-electron chi connectivity index (χ2n) is 4.55. The van der Waals surface area contributed by atoms with Gasteiger partial charge in [-0.2, -0.15) is 0 Å². The molecule has 0 saturated heterocycles. The number of alkyl halides is 1. The molecule has 0 spiro atoms. The van der Waals surface area contributed by atoms with Gasteiger partial charge in [-0.05, 0) is 18.6 Å². The number of ether oxygens (including phenoxy) is 1. The number of carbonyl (C=O) groups is 2. The molecule has 0 radical (unpaired) electrons. The lowest BCUT2D eigenvalue weighted by molar-refractivity contribution is -0.139. The van der Waals surface area contributed by atoms with E-state index in [4.69, 9.17) is 21.4 Å². The summed E-state index contributed by atoms with van der Waals surface area (Å²) in [4.78, 5) is 23.1. The zero-order valence-electron chi connectivity index (χ0n) is 12.0. The highest BCUT2D eigenvalue weighted by Crippen LogP contribution is 2.22. The largest absolute Gasteiger partial charge is 0.480 e. The van der Waals surface area contributed by atoms with Crippen molar-refractivity contribution in [1.82, 2.24) is 5.32 Å². The second-order valence-corrected chi connectivity index (χ2v) is 6.79. The highest BCUT2D eigenvalue weighted by molar-refractivity contribution is 7.44. The smallest absolute Gasteiger partial charge is 0.326 e. The maximum absolute atomic E-state index is 11.9. The van der Waals surface area contributed by atoms with E-state index in [0.29, 0.717) is 18.1 Å². The minimum absolute atomic E-state index is 0.0797. The number of benzene rings is 1. The Labute approximate surface area is 134 Å². The zero-order chi connectivity index (χ0) is 16.4. The number of halogens is 1. The van der Waals surface area contributed by atoms with Gasteiger partial charge in [0.05, 0.1) is 13.0 Å². The first kappa shape index (κ1) is 18.7. The van der Waals surface area contributed by atoms with Crippen LogP contribution in [0.4, 0.5) is 0 Å². The van der Waals surface area contributed by atoms with Crippen LogP contribution in [0.2, 0.25) is 0 Å². The van der Waals surface area contributed by atoms with Crippen LogP contribution in [0.3, 0.4) is 0 Å². The van der Waals surface area contributed by atoms with Gasteiger partial charge in [-0.1, -0.05) is 18.2 Å². The molecule has 0 fully saturated rings. The Morgan fingerprint density at radius 2 is 2.00 bits per heavy atom. The van der Waals surface area contributed by atoms with E-state index in [0.717, 1.165) is 0 Å². The molecule has 0 aromatic heterocycles. The number of carbonyl (C=O) groups excluding carboxylic acids is 1. The Kier molecular flexibility index (Phi) is 8.82. The molecule has 1 aromatic carbocycles. The SMILES string of the molecule is O=C(NC(CC[PH](=O)COCCCl)C(=O)O)c1ccccc1. The molecule has 0 aliphatic carbocycles. The van der Waals surface area contributed by atoms with Gasteiger partial charge in [0, 0.05) is 17.6 Å². The number of nitrogens with one attached hydrogen (secondary N) is 1. The fraction of sp³-hybridized carbons (Fsp3) is 0.429. The molecule has 0 heterocycles. The third-order valence-corrected chi connectivity index (χ3v) is 4.36. The average Bonchev–Trinajstić information content (AvgIpc) is 2.52. The number of rotatable bonds is 10. The van der Waals surface area contributed by atoms with E-state index in [1.807, 2.05) is 0 Å². The highest BCUT2D eigenvalue weighted by Gasteiger charge is 2.21. The number of aliphatic carboxylic acids is 1. The molecular weight excluding hydrogens is 329 g/mol. The Morgan fingerprint density at radius 1 is 1.32 bits per heavy atom. The first-order valence-corrected chi connectivity index (χ1v) is 9.14. The van der Waals surface area contributed by atoms with Crippen molar-refractivity contribution in [2.45, 2.75) is 12.5 Å². The lowest BCUT2D eigenvalue weighted by atomic mass is 10.1. The van der Waals surface area contributed by atoms with E-state index in [2.05, 4.69) is 5.32 Å². The van der Waals surface area contributed by atoms with Crippen LogP contribution in [0.25, 0.3) is 0 Å². The van der Waals surface area contributed by atoms with Crippen molar-refractivity contribution in [3.05, 3.63) is 35.9 Å². The van der Waals surface area contributed by atoms with Gasteiger partial charge in [0.1, 0.15) is 13.8 Å². The third-order valence-electron chi connectivity index (χ3n) is 2.84. The van der Waals surface area contributed by atoms with Crippen molar-refractivity contribution in [3.8, 4) is 0 Å². The van der Waals surface area contributed by atoms with Crippen molar-refractivity contribution < 1.29 is 24.0 Å². The van der Waals surface area contributed by atoms with E-state index < -0.39 is 25.7 Å². The van der Waals surface area contributed by atoms with Gasteiger partial charge in [0.15, 0.2) is 0 Å². The standard InChI is InChI=1S/C14H19ClNO5P/c15-7-8-21-10-22(20)9-6-12(14(18)19)16-13(17)11-4-2-1-3-5-11/h1-5,12,22H,6-10H2,(H,16,17)(H,18,19). The summed E-state index contributed by atoms with van der Waals surface area (Å²) in [6.45, 7) is 0.311. The number of hydrogen-bond acceptors (Lipinski definition) is 4. The van der Waals surface area contributed by atoms with Crippen LogP contribution in [-0.2, 0) is 14.1 Å². The van der Waals surface area contributed by atoms with Crippen LogP contribution in [0.15, 0.2) is 30.3 Å². The van der Waals surface area contributed by atoms with Crippen molar-refractivity contribution in [3.63, 3.8) is 0 Å². The van der Waals surface area contributed by atoms with Crippen LogP contribution >= 0.6 is 19.4 Å². The predicted octanol–water partition coefficient (Wildman–Crippen LogP) is 2.03. The summed E-state index contributed by atoms with van der Waals surface area (Å²) in [6, 6.07) is 7.26. The summed E-state index contributed by atoms with van der Waals surface area (Å²) in [6.07, 6.45) is 0.366. The molecule has 1 aromatic rings. The molecule has 0 bridgehead atoms. The van der Waals surface area contributed by atoms with E-state index in [1.165, 1.54) is 0 Å². The molecule has 1 amide bonds. The zero-order valence-corrected chi connectivity index (χ0v) is 13.7. The molecular formula is C14H19ClNO5P. The predicted molar refractivity (Wildman–Crippen MR) is 85.4 cm³/mol. The average molecular weight is 348 g/mol. The monoisotopic (exact) mass is 347 g/mol. The minimum Gasteiger partial charge on any atom is -0.480 e. The van der Waals surface area contributed by atoms with Gasteiger partial charge < -0.3 is 19.7 Å². The van der Waals surface area contributed by atoms with Crippen LogP contribution in [-0.4, -0.2) is 48.0 Å². The van der Waals surface area contributed by atoms with Gasteiger partial charge >= 0.3 is 5.97 Å². The van der Waals surface area contributed by atoms with Gasteiger partial charge in [0.2, 0.25) is 0 Å². The molecule has 122 valence electrons. The quantitative estimate of drug-likeness (QED) is 0.384. The van der Waals surface area contributed by atoms with Crippen LogP contribution < -0.4 is 5.32 Å². The Morgan fingerprint density at radius 3 is 2.59 bits per heavy atom. The highest BCUT2D eigenvalue weighted by atomic mass is 35.5. The molecule has 22 heavy (non-hydrogen) atoms. The number of carboxylic acid groups (broad SMARTS) is 1. The number of amides is 1. The van der Waals surface area contributed by atoms with Gasteiger partial charge in [-0.25, -0.2) is 4.79 Å². The van der Waals surface area contributed by atoms with Gasteiger partial charge in [-0.3, -0.25) is 4.79 Å². The van der Waals surface area contributed by atoms with Gasteiger partial charge in [0.25, 0.3) is 5.91 Å². The topological polar surface area (TPSA) is 92.7 Å². The fourth-order valence-corrected chi connectivity index (χ4v) is 2.94. The molecule has 2 N–H and O–H groups in total. The summed E-state index contributed by atoms with van der Waals surface area (Å²) in [5.74, 6) is -1.30. The van der Waals surface area contributed by atoms with E-state index in [1.54, 1.807) is 30.3 Å². The third kappa shape index (κ3) is 7.07. The minimum atomic E-state index is -2.03. The summed E-state index contributed by atoms with van der Waals surface area (Å²) in [5, 5.41) is 11.6. The molecule has 2 atom stereocenters. The Balaban J connectivity index is 2.47. The van der Waals surface area contributed by atoms with Crippen molar-refractivity contribution in [2.75, 3.05) is 25.0 Å². The molecule has 2 unspecified atom stereocenters. The van der Waals surface area contributed by atoms with Crippen LogP contribution in [0, 0.1) is 0 Å². The summed E-state index contributed by atoms with van der Waals surface area (Å²) in [5.41, 5.74) is 0.381.